The number of carbonyl (C=O) groups is 8. The summed E-state index contributed by atoms with van der Waals surface area (Å²) >= 11 is 0. The molecule has 0 radical (unpaired) electrons. The van der Waals surface area contributed by atoms with Crippen LogP contribution >= 0.6 is 0 Å². The maximum Gasteiger partial charge on any atom is 0.261 e. The van der Waals surface area contributed by atoms with Gasteiger partial charge < -0.3 is 0 Å². The average Bonchev–Trinajstić information content (AvgIpc) is 3.82. The topological polar surface area (TPSA) is 150 Å². The van der Waals surface area contributed by atoms with E-state index in [-0.39, 0.29) is 44.5 Å². The highest BCUT2D eigenvalue weighted by Crippen LogP contribution is 2.42. The Morgan fingerprint density at radius 1 is 0.286 bits per heavy atom. The van der Waals surface area contributed by atoms with Gasteiger partial charge in [-0.25, -0.2) is 0 Å². The van der Waals surface area contributed by atoms with E-state index in [1.807, 2.05) is 0 Å². The smallest absolute Gasteiger partial charge is 0.261 e. The van der Waals surface area contributed by atoms with Crippen LogP contribution in [0.5, 0.6) is 0 Å². The van der Waals surface area contributed by atoms with Crippen LogP contribution in [0.1, 0.15) is 134 Å². The number of benzene rings is 4. The van der Waals surface area contributed by atoms with Crippen molar-refractivity contribution in [1.29, 1.82) is 0 Å². The number of rotatable bonds is 0. The van der Waals surface area contributed by atoms with E-state index < -0.39 is 71.4 Å². The minimum Gasteiger partial charge on any atom is -0.269 e. The third kappa shape index (κ3) is 4.23. The highest BCUT2D eigenvalue weighted by atomic mass is 16.2. The molecule has 56 heavy (non-hydrogen) atoms. The molecule has 12 bridgehead atoms. The Kier molecular flexibility index (Phi) is 6.73. The Bertz CT molecular complexity index is 2270. The van der Waals surface area contributed by atoms with Gasteiger partial charge in [-0.2, -0.15) is 0 Å². The van der Waals surface area contributed by atoms with E-state index in [1.165, 1.54) is 19.6 Å². The molecule has 2 aliphatic carbocycles. The third-order valence-corrected chi connectivity index (χ3v) is 13.1. The third-order valence-electron chi connectivity index (χ3n) is 13.1. The van der Waals surface area contributed by atoms with Crippen molar-refractivity contribution in [3.8, 4) is 22.3 Å². The van der Waals surface area contributed by atoms with Crippen molar-refractivity contribution in [2.75, 3.05) is 0 Å². The van der Waals surface area contributed by atoms with Gasteiger partial charge in [0.15, 0.2) is 0 Å². The zero-order chi connectivity index (χ0) is 38.3. The average molecular weight is 745 g/mol. The maximum atomic E-state index is 14.2. The van der Waals surface area contributed by atoms with Crippen LogP contribution in [-0.4, -0.2) is 91.0 Å². The monoisotopic (exact) mass is 744 g/mol. The lowest BCUT2D eigenvalue weighted by atomic mass is 9.88. The summed E-state index contributed by atoms with van der Waals surface area (Å²) in [7, 11) is 0. The molecular weight excluding hydrogens is 713 g/mol. The maximum absolute atomic E-state index is 14.2. The molecule has 276 valence electrons. The van der Waals surface area contributed by atoms with Crippen molar-refractivity contribution >= 4 is 47.3 Å². The number of amides is 8. The van der Waals surface area contributed by atoms with Gasteiger partial charge in [0.1, 0.15) is 0 Å². The Labute approximate surface area is 319 Å². The first-order valence-electron chi connectivity index (χ1n) is 19.2. The number of nitrogens with zero attached hydrogens (tertiary/aromatic N) is 4. The van der Waals surface area contributed by atoms with Crippen LogP contribution in [0.3, 0.4) is 0 Å². The molecule has 4 aromatic rings. The lowest BCUT2D eigenvalue weighted by molar-refractivity contribution is 0.0291. The Balaban J connectivity index is 1.08. The summed E-state index contributed by atoms with van der Waals surface area (Å²) in [6, 6.07) is 16.6. The van der Waals surface area contributed by atoms with Crippen LogP contribution < -0.4 is 0 Å². The van der Waals surface area contributed by atoms with Gasteiger partial charge >= 0.3 is 0 Å². The lowest BCUT2D eigenvalue weighted by Crippen LogP contribution is -2.56. The normalized spacial score (nSPS) is 24.7. The van der Waals surface area contributed by atoms with Gasteiger partial charge in [0.05, 0.1) is 68.7 Å². The molecule has 5 heterocycles. The zero-order valence-corrected chi connectivity index (χ0v) is 29.9. The number of hydrogen-bond acceptors (Lipinski definition) is 8. The Hall–Kier alpha value is -6.56. The second-order valence-corrected chi connectivity index (χ2v) is 15.8. The zero-order valence-electron chi connectivity index (χ0n) is 29.9. The molecule has 7 aliphatic rings. The molecule has 0 spiro atoms. The number of carbonyl (C=O) groups excluding carboxylic acids is 8. The van der Waals surface area contributed by atoms with Gasteiger partial charge in [0.25, 0.3) is 47.3 Å². The first-order valence-corrected chi connectivity index (χ1v) is 19.2. The van der Waals surface area contributed by atoms with Crippen molar-refractivity contribution in [2.24, 2.45) is 0 Å². The van der Waals surface area contributed by atoms with Gasteiger partial charge in [-0.15, -0.1) is 0 Å². The molecule has 0 N–H and O–H groups in total. The standard InChI is InChI=1S/C44H32N4O8/c49-37-25-13-9-21-17-29(25)41(53)45(37)33-5-1-2-6-34(33)46-38(50)26-14-10-22(18-30(26)42(46)54)24-12-16-28-32(20-24)44(56)48(40(28)52)36-8-4-3-7-35(36)47-39(51)27-15-11-23(21)19-31(27)43(47)55/h9-20,33-36H,1-8H2/t33-,34-,35-,36-/m1/s1. The van der Waals surface area contributed by atoms with Crippen LogP contribution in [0.4, 0.5) is 0 Å². The van der Waals surface area contributed by atoms with E-state index in [4.69, 9.17) is 0 Å². The highest BCUT2D eigenvalue weighted by molar-refractivity contribution is 6.25. The van der Waals surface area contributed by atoms with Crippen LogP contribution in [0, 0.1) is 0 Å². The summed E-state index contributed by atoms with van der Waals surface area (Å²) in [6.45, 7) is 0. The van der Waals surface area contributed by atoms with Crippen molar-refractivity contribution in [1.82, 2.24) is 19.6 Å². The summed E-state index contributed by atoms with van der Waals surface area (Å²) < 4.78 is 0. The Morgan fingerprint density at radius 2 is 0.482 bits per heavy atom. The SMILES string of the molecule is O=C1c2ccc3cc2C(=O)N1[C@@H]1CCCC[C@H]1N1C(=O)c2ccc(cc2C1=O)-c1ccc2c(c1)C(=O)N(C2=O)[C@@H]1CCCC[C@H]1N1C(=O)c2ccc-3cc2C1=O. The highest BCUT2D eigenvalue weighted by Gasteiger charge is 2.52. The number of imide groups is 4. The first-order chi connectivity index (χ1) is 27.1. The summed E-state index contributed by atoms with van der Waals surface area (Å²) in [5, 5.41) is 0. The number of hydrogen-bond donors (Lipinski definition) is 0. The molecule has 2 saturated carbocycles. The van der Waals surface area contributed by atoms with E-state index in [2.05, 4.69) is 0 Å². The van der Waals surface area contributed by atoms with Gasteiger partial charge in [-0.05, 0) is 96.5 Å². The second kappa shape index (κ2) is 11.5. The van der Waals surface area contributed by atoms with E-state index >= 15 is 0 Å². The first kappa shape index (κ1) is 32.8. The molecule has 2 fully saturated rings. The van der Waals surface area contributed by atoms with Crippen LogP contribution in [0.25, 0.3) is 22.3 Å². The molecular formula is C44H32N4O8. The fraction of sp³-hybridized carbons (Fsp3) is 0.273. The van der Waals surface area contributed by atoms with E-state index in [9.17, 15) is 38.4 Å². The van der Waals surface area contributed by atoms with Crippen molar-refractivity contribution in [3.05, 3.63) is 117 Å². The fourth-order valence-corrected chi connectivity index (χ4v) is 10.3. The molecule has 12 nitrogen and oxygen atoms in total. The quantitative estimate of drug-likeness (QED) is 0.207. The minimum atomic E-state index is -0.742. The predicted molar refractivity (Wildman–Crippen MR) is 198 cm³/mol. The van der Waals surface area contributed by atoms with Crippen LogP contribution in [-0.2, 0) is 0 Å². The minimum absolute atomic E-state index is 0.179. The van der Waals surface area contributed by atoms with Crippen molar-refractivity contribution in [3.63, 3.8) is 0 Å². The second-order valence-electron chi connectivity index (χ2n) is 15.8. The summed E-state index contributed by atoms with van der Waals surface area (Å²) in [4.78, 5) is 118. The van der Waals surface area contributed by atoms with Crippen molar-refractivity contribution in [2.45, 2.75) is 75.5 Å². The molecule has 0 aromatic heterocycles. The molecule has 5 aliphatic heterocycles. The van der Waals surface area contributed by atoms with Crippen LogP contribution in [0.2, 0.25) is 0 Å². The molecule has 12 heteroatoms. The lowest BCUT2D eigenvalue weighted by Gasteiger charge is -2.40. The van der Waals surface area contributed by atoms with E-state index in [0.29, 0.717) is 73.6 Å². The van der Waals surface area contributed by atoms with Crippen molar-refractivity contribution < 1.29 is 38.4 Å². The summed E-state index contributed by atoms with van der Waals surface area (Å²) in [5.74, 6) is -4.04. The molecule has 11 rings (SSSR count). The van der Waals surface area contributed by atoms with Gasteiger partial charge in [0, 0.05) is 0 Å². The van der Waals surface area contributed by atoms with Crippen LogP contribution in [0.15, 0.2) is 72.8 Å². The summed E-state index contributed by atoms with van der Waals surface area (Å²) in [6.07, 6.45) is 4.46. The van der Waals surface area contributed by atoms with Gasteiger partial charge in [-0.3, -0.25) is 58.0 Å². The fourth-order valence-electron chi connectivity index (χ4n) is 10.3. The summed E-state index contributed by atoms with van der Waals surface area (Å²) in [5.41, 5.74) is 3.78. The van der Waals surface area contributed by atoms with Gasteiger partial charge in [0.2, 0.25) is 0 Å². The predicted octanol–water partition coefficient (Wildman–Crippen LogP) is 5.74. The molecule has 4 atom stereocenters. The van der Waals surface area contributed by atoms with E-state index in [0.717, 1.165) is 0 Å². The molecule has 0 unspecified atom stereocenters. The molecule has 4 aromatic carbocycles. The number of fused-ring (bicyclic) bond motifs is 16. The largest absolute Gasteiger partial charge is 0.269 e. The molecule has 8 amide bonds. The van der Waals surface area contributed by atoms with Gasteiger partial charge in [-0.1, -0.05) is 49.9 Å². The van der Waals surface area contributed by atoms with E-state index in [1.54, 1.807) is 72.8 Å². The molecule has 0 saturated heterocycles. The Morgan fingerprint density at radius 3 is 0.696 bits per heavy atom.